The summed E-state index contributed by atoms with van der Waals surface area (Å²) in [5, 5.41) is 1.12. The number of para-hydroxylation sites is 1. The van der Waals surface area contributed by atoms with Gasteiger partial charge in [0.1, 0.15) is 0 Å². The number of benzene rings is 1. The van der Waals surface area contributed by atoms with Crippen LogP contribution in [0, 0.1) is 0 Å². The molecule has 44 valence electrons. The number of aromatic nitrogens is 1. The summed E-state index contributed by atoms with van der Waals surface area (Å²) in [7, 11) is 0. The average molecular weight is 118 g/mol. The smallest absolute Gasteiger partial charge is 0.166 e. The van der Waals surface area contributed by atoms with E-state index in [1.807, 2.05) is 30.3 Å². The zero-order chi connectivity index (χ0) is 6.97. The molecule has 0 amide bonds. The monoisotopic (exact) mass is 118 g/mol. The molecule has 2 rings (SSSR count). The van der Waals surface area contributed by atoms with E-state index in [9.17, 15) is 0 Å². The number of hydrogen-bond donors (Lipinski definition) is 1. The molecule has 0 radical (unpaired) electrons. The van der Waals surface area contributed by atoms with Crippen LogP contribution in [0.3, 0.4) is 0 Å². The first kappa shape index (κ1) is 3.72. The van der Waals surface area contributed by atoms with Crippen LogP contribution in [-0.2, 0) is 0 Å². The molecule has 0 saturated carbocycles. The quantitative estimate of drug-likeness (QED) is 0.545. The SMILES string of the molecule is [2H]n1ccc2ccccc21. The van der Waals surface area contributed by atoms with Gasteiger partial charge in [-0.2, -0.15) is 0 Å². The molecule has 1 aromatic carbocycles. The van der Waals surface area contributed by atoms with Gasteiger partial charge in [0.25, 0.3) is 0 Å². The second kappa shape index (κ2) is 1.62. The molecule has 1 heterocycles. The molecule has 2 aromatic rings. The number of rotatable bonds is 0. The maximum atomic E-state index is 7.36. The lowest BCUT2D eigenvalue weighted by Gasteiger charge is -1.83. The van der Waals surface area contributed by atoms with Crippen LogP contribution in [0.2, 0.25) is 1.41 Å². The van der Waals surface area contributed by atoms with Gasteiger partial charge in [0.15, 0.2) is 1.41 Å². The fourth-order valence-corrected chi connectivity index (χ4v) is 0.944. The van der Waals surface area contributed by atoms with E-state index in [0.29, 0.717) is 0 Å². The van der Waals surface area contributed by atoms with Crippen molar-refractivity contribution in [2.45, 2.75) is 0 Å². The van der Waals surface area contributed by atoms with Gasteiger partial charge in [0, 0.05) is 11.7 Å². The Morgan fingerprint density at radius 2 is 2.11 bits per heavy atom. The Bertz CT molecular complexity index is 351. The van der Waals surface area contributed by atoms with Crippen molar-refractivity contribution >= 4 is 10.9 Å². The van der Waals surface area contributed by atoms with Crippen molar-refractivity contribution in [3.8, 4) is 0 Å². The molecular weight excluding hydrogens is 110 g/mol. The lowest BCUT2D eigenvalue weighted by atomic mass is 10.3. The molecule has 0 spiro atoms. The molecule has 1 heteroatoms. The van der Waals surface area contributed by atoms with Gasteiger partial charge in [-0.3, -0.25) is 0 Å². The summed E-state index contributed by atoms with van der Waals surface area (Å²) in [4.78, 5) is 1.37. The van der Waals surface area contributed by atoms with E-state index in [0.717, 1.165) is 10.9 Å². The number of H-pyrrole nitrogens is 1. The van der Waals surface area contributed by atoms with Crippen molar-refractivity contribution in [3.05, 3.63) is 36.5 Å². The van der Waals surface area contributed by atoms with E-state index in [1.54, 1.807) is 6.20 Å². The summed E-state index contributed by atoms with van der Waals surface area (Å²) < 4.78 is 7.36. The summed E-state index contributed by atoms with van der Waals surface area (Å²) >= 11 is 0. The van der Waals surface area contributed by atoms with Gasteiger partial charge in [0.2, 0.25) is 0 Å². The second-order valence-electron chi connectivity index (χ2n) is 2.00. The number of fused-ring (bicyclic) bond motifs is 1. The highest BCUT2D eigenvalue weighted by Gasteiger charge is 1.86. The standard InChI is InChI=1S/C8H7N/c1-2-4-8-7(3-1)5-6-9-8/h1-6,9H/i/hD. The first-order chi connectivity index (χ1) is 4.88. The number of aromatic amines is 1. The van der Waals surface area contributed by atoms with Crippen LogP contribution >= 0.6 is 0 Å². The third kappa shape index (κ3) is 0.617. The van der Waals surface area contributed by atoms with Crippen molar-refractivity contribution in [1.82, 2.24) is 4.98 Å². The van der Waals surface area contributed by atoms with Crippen LogP contribution in [0.25, 0.3) is 10.9 Å². The van der Waals surface area contributed by atoms with Crippen LogP contribution in [0.4, 0.5) is 0 Å². The molecule has 0 aliphatic heterocycles. The minimum atomic E-state index is 0.961. The van der Waals surface area contributed by atoms with E-state index in [4.69, 9.17) is 1.41 Å². The van der Waals surface area contributed by atoms with Crippen molar-refractivity contribution < 1.29 is 1.41 Å². The van der Waals surface area contributed by atoms with Crippen LogP contribution in [0.15, 0.2) is 36.5 Å². The molecule has 1 nitrogen and oxygen atoms in total. The molecule has 0 atom stereocenters. The lowest BCUT2D eigenvalue weighted by molar-refractivity contribution is 1.48. The van der Waals surface area contributed by atoms with Crippen LogP contribution in [0.5, 0.6) is 0 Å². The summed E-state index contributed by atoms with van der Waals surface area (Å²) in [5.74, 6) is 0. The van der Waals surface area contributed by atoms with Gasteiger partial charge >= 0.3 is 0 Å². The minimum absolute atomic E-state index is 0.961. The lowest BCUT2D eigenvalue weighted by Crippen LogP contribution is -1.61. The molecule has 9 heavy (non-hydrogen) atoms. The first-order valence-corrected chi connectivity index (χ1v) is 2.93. The molecule has 1 aromatic heterocycles. The molecule has 0 aliphatic rings. The predicted molar refractivity (Wildman–Crippen MR) is 38.3 cm³/mol. The Kier molecular flexibility index (Phi) is 0.671. The van der Waals surface area contributed by atoms with E-state index in [2.05, 4.69) is 0 Å². The first-order valence-electron chi connectivity index (χ1n) is 3.38. The van der Waals surface area contributed by atoms with E-state index < -0.39 is 0 Å². The van der Waals surface area contributed by atoms with Crippen molar-refractivity contribution in [1.29, 1.82) is 0 Å². The average Bonchev–Trinajstić information content (AvgIpc) is 2.34. The van der Waals surface area contributed by atoms with Crippen LogP contribution in [0.1, 0.15) is 0 Å². The molecule has 0 saturated heterocycles. The van der Waals surface area contributed by atoms with Gasteiger partial charge in [-0.05, 0) is 17.5 Å². The zero-order valence-corrected chi connectivity index (χ0v) is 4.91. The van der Waals surface area contributed by atoms with E-state index in [1.165, 1.54) is 4.98 Å². The Hall–Kier alpha value is -1.24. The molecular formula is C8H7N. The summed E-state index contributed by atoms with van der Waals surface area (Å²) in [6.45, 7) is 0. The summed E-state index contributed by atoms with van der Waals surface area (Å²) in [6, 6.07) is 9.78. The van der Waals surface area contributed by atoms with E-state index in [-0.39, 0.29) is 0 Å². The molecule has 0 fully saturated rings. The van der Waals surface area contributed by atoms with Crippen LogP contribution in [-0.4, -0.2) is 4.98 Å². The van der Waals surface area contributed by atoms with Crippen molar-refractivity contribution in [3.63, 3.8) is 0 Å². The fraction of sp³-hybridized carbons (Fsp3) is 0. The molecule has 1 N–H and O–H groups in total. The Labute approximate surface area is 54.8 Å². The van der Waals surface area contributed by atoms with Gasteiger partial charge < -0.3 is 4.98 Å². The van der Waals surface area contributed by atoms with Crippen molar-refractivity contribution in [2.24, 2.45) is 0 Å². The van der Waals surface area contributed by atoms with Gasteiger partial charge in [-0.15, -0.1) is 0 Å². The van der Waals surface area contributed by atoms with Gasteiger partial charge in [0.05, 0.1) is 0 Å². The molecule has 0 aliphatic carbocycles. The summed E-state index contributed by atoms with van der Waals surface area (Å²) in [5.41, 5.74) is 0.961. The third-order valence-corrected chi connectivity index (χ3v) is 1.40. The highest BCUT2D eigenvalue weighted by atomic mass is 14.6. The molecule has 0 unspecified atom stereocenters. The maximum absolute atomic E-state index is 7.36. The topological polar surface area (TPSA) is 15.8 Å². The fourth-order valence-electron chi connectivity index (χ4n) is 0.944. The Morgan fingerprint density at radius 3 is 3.00 bits per heavy atom. The zero-order valence-electron chi connectivity index (χ0n) is 5.91. The number of hydrogen-bond acceptors (Lipinski definition) is 0. The Balaban J connectivity index is 2.93. The highest BCUT2D eigenvalue weighted by Crippen LogP contribution is 2.09. The Morgan fingerprint density at radius 1 is 1.22 bits per heavy atom. The number of nitrogens with one attached hydrogen (secondary N) is 1. The van der Waals surface area contributed by atoms with E-state index >= 15 is 0 Å². The van der Waals surface area contributed by atoms with Crippen molar-refractivity contribution in [2.75, 3.05) is 0 Å². The highest BCUT2D eigenvalue weighted by molar-refractivity contribution is 5.78. The maximum Gasteiger partial charge on any atom is 0.166 e. The van der Waals surface area contributed by atoms with Crippen LogP contribution < -0.4 is 0 Å². The largest absolute Gasteiger partial charge is 0.361 e. The minimum Gasteiger partial charge on any atom is -0.361 e. The third-order valence-electron chi connectivity index (χ3n) is 1.40. The predicted octanol–water partition coefficient (Wildman–Crippen LogP) is 2.17. The van der Waals surface area contributed by atoms with Gasteiger partial charge in [-0.1, -0.05) is 18.2 Å². The normalized spacial score (nSPS) is 11.8. The second-order valence-corrected chi connectivity index (χ2v) is 2.00. The molecule has 0 bridgehead atoms. The van der Waals surface area contributed by atoms with Gasteiger partial charge in [-0.25, -0.2) is 0 Å². The summed E-state index contributed by atoms with van der Waals surface area (Å²) in [6.07, 6.45) is 1.74.